The standard InChI is InChI=1S/C12H13ClN4O/c1-8(2)15-16(3)12-7-17(18)11-6-9(13)4-5-10(11)14-12/h4-7H,1-3H3. The van der Waals surface area contributed by atoms with Crippen molar-refractivity contribution in [3.63, 3.8) is 0 Å². The van der Waals surface area contributed by atoms with Gasteiger partial charge in [-0.05, 0) is 26.0 Å². The van der Waals surface area contributed by atoms with Gasteiger partial charge in [-0.25, -0.2) is 9.99 Å². The van der Waals surface area contributed by atoms with Gasteiger partial charge in [-0.2, -0.15) is 9.83 Å². The predicted octanol–water partition coefficient (Wildman–Crippen LogP) is 2.35. The van der Waals surface area contributed by atoms with Crippen molar-refractivity contribution in [2.75, 3.05) is 12.1 Å². The fraction of sp³-hybridized carbons (Fsp3) is 0.250. The Labute approximate surface area is 110 Å². The third kappa shape index (κ3) is 2.51. The first kappa shape index (κ1) is 12.6. The third-order valence-electron chi connectivity index (χ3n) is 2.32. The summed E-state index contributed by atoms with van der Waals surface area (Å²) < 4.78 is 0.751. The van der Waals surface area contributed by atoms with Crippen LogP contribution in [0.1, 0.15) is 13.8 Å². The lowest BCUT2D eigenvalue weighted by Crippen LogP contribution is -2.29. The lowest BCUT2D eigenvalue weighted by atomic mass is 10.3. The summed E-state index contributed by atoms with van der Waals surface area (Å²) >= 11 is 5.85. The van der Waals surface area contributed by atoms with E-state index in [-0.39, 0.29) is 0 Å². The van der Waals surface area contributed by atoms with E-state index in [9.17, 15) is 5.21 Å². The Hall–Kier alpha value is -1.88. The molecule has 0 radical (unpaired) electrons. The molecule has 0 aliphatic heterocycles. The number of fused-ring (bicyclic) bond motifs is 1. The Morgan fingerprint density at radius 2 is 2.17 bits per heavy atom. The van der Waals surface area contributed by atoms with E-state index in [0.717, 1.165) is 10.4 Å². The summed E-state index contributed by atoms with van der Waals surface area (Å²) in [6, 6.07) is 5.01. The second kappa shape index (κ2) is 4.78. The monoisotopic (exact) mass is 264 g/mol. The van der Waals surface area contributed by atoms with Gasteiger partial charge in [0.2, 0.25) is 17.5 Å². The highest BCUT2D eigenvalue weighted by atomic mass is 35.5. The normalized spacial score (nSPS) is 10.4. The van der Waals surface area contributed by atoms with Crippen LogP contribution in [0.3, 0.4) is 0 Å². The molecule has 1 heterocycles. The highest BCUT2D eigenvalue weighted by molar-refractivity contribution is 6.31. The minimum absolute atomic E-state index is 0.442. The number of aromatic nitrogens is 2. The highest BCUT2D eigenvalue weighted by Crippen LogP contribution is 2.17. The summed E-state index contributed by atoms with van der Waals surface area (Å²) in [7, 11) is 1.75. The maximum absolute atomic E-state index is 11.9. The second-order valence-corrected chi connectivity index (χ2v) is 4.57. The molecule has 0 N–H and O–H groups in total. The van der Waals surface area contributed by atoms with E-state index in [1.54, 1.807) is 30.3 Å². The van der Waals surface area contributed by atoms with Crippen molar-refractivity contribution in [1.29, 1.82) is 0 Å². The van der Waals surface area contributed by atoms with Crippen LogP contribution in [0.4, 0.5) is 5.82 Å². The van der Waals surface area contributed by atoms with Crippen molar-refractivity contribution in [2.24, 2.45) is 5.10 Å². The largest absolute Gasteiger partial charge is 0.618 e. The van der Waals surface area contributed by atoms with Crippen LogP contribution in [0.2, 0.25) is 5.02 Å². The number of benzene rings is 1. The summed E-state index contributed by atoms with van der Waals surface area (Å²) in [5, 5.41) is 18.2. The molecular formula is C12H13ClN4O. The van der Waals surface area contributed by atoms with E-state index in [4.69, 9.17) is 11.6 Å². The van der Waals surface area contributed by atoms with Crippen LogP contribution in [0.5, 0.6) is 0 Å². The van der Waals surface area contributed by atoms with Gasteiger partial charge in [0.05, 0.1) is 0 Å². The highest BCUT2D eigenvalue weighted by Gasteiger charge is 2.12. The molecular weight excluding hydrogens is 252 g/mol. The number of anilines is 1. The molecule has 18 heavy (non-hydrogen) atoms. The molecule has 1 aromatic carbocycles. The minimum atomic E-state index is 0.442. The van der Waals surface area contributed by atoms with Gasteiger partial charge < -0.3 is 5.21 Å². The second-order valence-electron chi connectivity index (χ2n) is 4.13. The average molecular weight is 265 g/mol. The van der Waals surface area contributed by atoms with Crippen LogP contribution >= 0.6 is 11.6 Å². The molecule has 0 unspecified atom stereocenters. The summed E-state index contributed by atoms with van der Waals surface area (Å²) in [4.78, 5) is 4.37. The van der Waals surface area contributed by atoms with Gasteiger partial charge in [-0.1, -0.05) is 11.6 Å². The Balaban J connectivity index is 2.56. The van der Waals surface area contributed by atoms with Crippen LogP contribution < -0.4 is 9.74 Å². The molecule has 0 saturated heterocycles. The number of rotatable bonds is 2. The van der Waals surface area contributed by atoms with Crippen molar-refractivity contribution < 1.29 is 4.73 Å². The van der Waals surface area contributed by atoms with Crippen molar-refractivity contribution in [2.45, 2.75) is 13.8 Å². The Bertz CT molecular complexity index is 623. The fourth-order valence-electron chi connectivity index (χ4n) is 1.60. The van der Waals surface area contributed by atoms with Gasteiger partial charge in [-0.15, -0.1) is 0 Å². The molecule has 0 saturated carbocycles. The third-order valence-corrected chi connectivity index (χ3v) is 2.56. The molecule has 2 aromatic rings. The van der Waals surface area contributed by atoms with Crippen LogP contribution in [0, 0.1) is 5.21 Å². The van der Waals surface area contributed by atoms with Gasteiger partial charge in [0, 0.05) is 23.8 Å². The van der Waals surface area contributed by atoms with E-state index >= 15 is 0 Å². The van der Waals surface area contributed by atoms with E-state index in [1.165, 1.54) is 6.20 Å². The topological polar surface area (TPSA) is 55.4 Å². The SMILES string of the molecule is CC(C)=NN(C)c1c[n+]([O-])c2cc(Cl)ccc2n1. The van der Waals surface area contributed by atoms with Crippen LogP contribution in [-0.2, 0) is 0 Å². The molecule has 0 spiro atoms. The first-order chi connectivity index (χ1) is 8.47. The number of halogens is 1. The molecule has 6 heteroatoms. The van der Waals surface area contributed by atoms with Gasteiger partial charge in [0.25, 0.3) is 0 Å². The molecule has 0 bridgehead atoms. The first-order valence-corrected chi connectivity index (χ1v) is 5.80. The van der Waals surface area contributed by atoms with Crippen LogP contribution in [0.15, 0.2) is 29.5 Å². The van der Waals surface area contributed by atoms with Gasteiger partial charge in [-0.3, -0.25) is 0 Å². The fourth-order valence-corrected chi connectivity index (χ4v) is 1.77. The predicted molar refractivity (Wildman–Crippen MR) is 72.9 cm³/mol. The zero-order chi connectivity index (χ0) is 13.3. The summed E-state index contributed by atoms with van der Waals surface area (Å²) in [5.74, 6) is 0.487. The van der Waals surface area contributed by atoms with Gasteiger partial charge in [0.1, 0.15) is 5.52 Å². The molecule has 0 fully saturated rings. The molecule has 0 aliphatic carbocycles. The molecule has 5 nitrogen and oxygen atoms in total. The number of nitrogens with zero attached hydrogens (tertiary/aromatic N) is 4. The maximum atomic E-state index is 11.9. The minimum Gasteiger partial charge on any atom is -0.618 e. The summed E-state index contributed by atoms with van der Waals surface area (Å²) in [5.41, 5.74) is 1.91. The van der Waals surface area contributed by atoms with Crippen LogP contribution in [0.25, 0.3) is 11.0 Å². The van der Waals surface area contributed by atoms with E-state index in [0.29, 0.717) is 21.9 Å². The quantitative estimate of drug-likeness (QED) is 0.362. The number of hydrogen-bond donors (Lipinski definition) is 0. The average Bonchev–Trinajstić information content (AvgIpc) is 2.29. The number of hydrazone groups is 1. The van der Waals surface area contributed by atoms with Crippen LogP contribution in [-0.4, -0.2) is 17.7 Å². The summed E-state index contributed by atoms with van der Waals surface area (Å²) in [6.45, 7) is 3.76. The van der Waals surface area contributed by atoms with E-state index < -0.39 is 0 Å². The molecule has 0 amide bonds. The Kier molecular flexibility index (Phi) is 3.34. The van der Waals surface area contributed by atoms with Crippen molar-refractivity contribution in [3.8, 4) is 0 Å². The first-order valence-electron chi connectivity index (χ1n) is 5.42. The Morgan fingerprint density at radius 1 is 1.44 bits per heavy atom. The van der Waals surface area contributed by atoms with Gasteiger partial charge >= 0.3 is 0 Å². The Morgan fingerprint density at radius 3 is 2.83 bits per heavy atom. The smallest absolute Gasteiger partial charge is 0.244 e. The van der Waals surface area contributed by atoms with E-state index in [2.05, 4.69) is 10.1 Å². The maximum Gasteiger partial charge on any atom is 0.244 e. The van der Waals surface area contributed by atoms with Crippen molar-refractivity contribution in [3.05, 3.63) is 34.6 Å². The molecule has 0 aliphatic rings. The van der Waals surface area contributed by atoms with Crippen molar-refractivity contribution >= 4 is 34.2 Å². The van der Waals surface area contributed by atoms with E-state index in [1.807, 2.05) is 13.8 Å². The zero-order valence-electron chi connectivity index (χ0n) is 10.4. The zero-order valence-corrected chi connectivity index (χ0v) is 11.1. The lowest BCUT2D eigenvalue weighted by molar-refractivity contribution is -0.576. The molecule has 1 aromatic heterocycles. The van der Waals surface area contributed by atoms with Gasteiger partial charge in [0.15, 0.2) is 0 Å². The van der Waals surface area contributed by atoms with Crippen molar-refractivity contribution in [1.82, 2.24) is 4.98 Å². The lowest BCUT2D eigenvalue weighted by Gasteiger charge is -2.12. The molecule has 94 valence electrons. The molecule has 0 atom stereocenters. The number of hydrogen-bond acceptors (Lipinski definition) is 4. The molecule has 2 rings (SSSR count). The summed E-state index contributed by atoms with van der Waals surface area (Å²) in [6.07, 6.45) is 1.38.